The van der Waals surface area contributed by atoms with E-state index >= 15 is 0 Å². The molecule has 0 saturated carbocycles. The van der Waals surface area contributed by atoms with Crippen molar-refractivity contribution in [3.05, 3.63) is 0 Å². The molecule has 6 N–H and O–H groups in total. The molecule has 0 fully saturated rings. The van der Waals surface area contributed by atoms with Crippen molar-refractivity contribution in [1.82, 2.24) is 5.32 Å². The fourth-order valence-corrected chi connectivity index (χ4v) is 0.893. The van der Waals surface area contributed by atoms with Gasteiger partial charge in [0.25, 0.3) is 0 Å². The van der Waals surface area contributed by atoms with E-state index in [-0.39, 0.29) is 31.0 Å². The molecule has 14 heavy (non-hydrogen) atoms. The minimum absolute atomic E-state index is 0. The summed E-state index contributed by atoms with van der Waals surface area (Å²) in [6, 6.07) is 0. The van der Waals surface area contributed by atoms with Crippen LogP contribution in [0.1, 0.15) is 0 Å². The van der Waals surface area contributed by atoms with Crippen molar-refractivity contribution in [3.8, 4) is 0 Å². The van der Waals surface area contributed by atoms with Crippen LogP contribution in [0, 0.1) is 0 Å². The quantitative estimate of drug-likeness (QED) is 0.275. The topological polar surface area (TPSA) is 113 Å². The Labute approximate surface area is 100 Å². The molecule has 0 radical (unpaired) electrons. The van der Waals surface area contributed by atoms with Gasteiger partial charge in [0.15, 0.2) is 0 Å². The first-order valence-electron chi connectivity index (χ1n) is 4.02. The summed E-state index contributed by atoms with van der Waals surface area (Å²) in [5, 5.41) is 47.5. The van der Waals surface area contributed by atoms with Crippen molar-refractivity contribution in [2.45, 2.75) is 24.4 Å². The number of hydrogen-bond donors (Lipinski definition) is 6. The second-order valence-corrected chi connectivity index (χ2v) is 2.86. The first-order chi connectivity index (χ1) is 6.04. The molecule has 0 rings (SSSR count). The number of hydrogen-bond acceptors (Lipinski definition) is 6. The molecule has 0 heterocycles. The summed E-state index contributed by atoms with van der Waals surface area (Å²) in [5.74, 6) is 0. The molecule has 7 heteroatoms. The normalized spacial score (nSPS) is 19.3. The Bertz CT molecular complexity index is 139. The number of aliphatic hydroxyl groups excluding tert-OH is 5. The molecule has 0 aliphatic carbocycles. The zero-order chi connectivity index (χ0) is 10.4. The summed E-state index contributed by atoms with van der Waals surface area (Å²) < 4.78 is 0. The van der Waals surface area contributed by atoms with Gasteiger partial charge >= 0.3 is 24.4 Å². The molecule has 0 amide bonds. The fourth-order valence-electron chi connectivity index (χ4n) is 0.893. The van der Waals surface area contributed by atoms with Crippen molar-refractivity contribution in [3.63, 3.8) is 0 Å². The van der Waals surface area contributed by atoms with E-state index in [9.17, 15) is 5.11 Å². The Balaban J connectivity index is 0. The predicted octanol–water partition coefficient (Wildman–Crippen LogP) is -4.54. The van der Waals surface area contributed by atoms with Crippen molar-refractivity contribution in [2.24, 2.45) is 0 Å². The van der Waals surface area contributed by atoms with Crippen LogP contribution in [0.15, 0.2) is 0 Å². The van der Waals surface area contributed by atoms with Crippen LogP contribution < -0.4 is 5.32 Å². The summed E-state index contributed by atoms with van der Waals surface area (Å²) in [4.78, 5) is 0. The molecule has 0 aliphatic rings. The molecule has 0 bridgehead atoms. The van der Waals surface area contributed by atoms with Gasteiger partial charge < -0.3 is 30.8 Å². The molecule has 0 aromatic heterocycles. The van der Waals surface area contributed by atoms with E-state index in [1.54, 1.807) is 7.05 Å². The van der Waals surface area contributed by atoms with Crippen molar-refractivity contribution >= 4 is 24.4 Å². The maximum atomic E-state index is 9.21. The van der Waals surface area contributed by atoms with E-state index in [0.29, 0.717) is 0 Å². The predicted molar refractivity (Wildman–Crippen MR) is 55.0 cm³/mol. The second kappa shape index (κ2) is 8.85. The number of aliphatic hydroxyl groups is 5. The number of rotatable bonds is 6. The number of nitrogens with one attached hydrogen (secondary N) is 1. The standard InChI is InChI=1S/C7H17NO5.Sb.3H/c1-8-2-4(10)6(12)7(13)5(11)3-9;;;;/h4-13H,2-3H2,1H3;;;;/t4-,5+,6+,7+;;;;/m0..../s1. The third-order valence-electron chi connectivity index (χ3n) is 1.74. The first-order valence-corrected chi connectivity index (χ1v) is 4.02. The van der Waals surface area contributed by atoms with E-state index in [4.69, 9.17) is 20.4 Å². The van der Waals surface area contributed by atoms with Gasteiger partial charge in [-0.2, -0.15) is 0 Å². The SMILES string of the molecule is CNC[C@H](O)[C@@H](O)[C@H](O)[C@H](O)CO.[SbH3]. The molecule has 88 valence electrons. The van der Waals surface area contributed by atoms with E-state index < -0.39 is 31.0 Å². The third kappa shape index (κ3) is 5.46. The van der Waals surface area contributed by atoms with Gasteiger partial charge in [-0.3, -0.25) is 0 Å². The van der Waals surface area contributed by atoms with E-state index in [0.717, 1.165) is 0 Å². The van der Waals surface area contributed by atoms with Crippen molar-refractivity contribution < 1.29 is 25.5 Å². The van der Waals surface area contributed by atoms with Crippen LogP contribution in [0.4, 0.5) is 0 Å². The van der Waals surface area contributed by atoms with Gasteiger partial charge in [0.2, 0.25) is 0 Å². The molecule has 4 atom stereocenters. The Kier molecular flexibility index (Phi) is 10.7. The van der Waals surface area contributed by atoms with Gasteiger partial charge in [-0.15, -0.1) is 0 Å². The van der Waals surface area contributed by atoms with Crippen LogP contribution in [0.5, 0.6) is 0 Å². The van der Waals surface area contributed by atoms with Gasteiger partial charge in [-0.25, -0.2) is 0 Å². The van der Waals surface area contributed by atoms with Crippen molar-refractivity contribution in [1.29, 1.82) is 0 Å². The Morgan fingerprint density at radius 2 is 1.43 bits per heavy atom. The molecule has 0 aromatic rings. The summed E-state index contributed by atoms with van der Waals surface area (Å²) in [6.45, 7) is -0.569. The van der Waals surface area contributed by atoms with Gasteiger partial charge in [0.05, 0.1) is 12.7 Å². The molecular formula is C7H20NO5Sb. The van der Waals surface area contributed by atoms with Gasteiger partial charge in [0, 0.05) is 6.54 Å². The zero-order valence-corrected chi connectivity index (χ0v) is 12.2. The monoisotopic (exact) mass is 319 g/mol. The molecular weight excluding hydrogens is 300 g/mol. The fraction of sp³-hybridized carbons (Fsp3) is 1.00. The number of likely N-dealkylation sites (N-methyl/N-ethyl adjacent to an activating group) is 1. The maximum absolute atomic E-state index is 9.21. The van der Waals surface area contributed by atoms with Gasteiger partial charge in [-0.1, -0.05) is 0 Å². The van der Waals surface area contributed by atoms with Crippen LogP contribution in [-0.4, -0.2) is 94.6 Å². The summed E-state index contributed by atoms with van der Waals surface area (Å²) in [5.41, 5.74) is 0. The Hall–Kier alpha value is 0.578. The first kappa shape index (κ1) is 17.0. The summed E-state index contributed by atoms with van der Waals surface area (Å²) >= 11 is 0. The zero-order valence-electron chi connectivity index (χ0n) is 8.17. The average Bonchev–Trinajstić information content (AvgIpc) is 2.14. The van der Waals surface area contributed by atoms with Crippen LogP contribution in [0.3, 0.4) is 0 Å². The van der Waals surface area contributed by atoms with Crippen LogP contribution in [0.25, 0.3) is 0 Å². The summed E-state index contributed by atoms with van der Waals surface area (Å²) in [6.07, 6.45) is -5.65. The molecule has 0 saturated heterocycles. The minimum atomic E-state index is -1.55. The molecule has 0 unspecified atom stereocenters. The van der Waals surface area contributed by atoms with E-state index in [1.807, 2.05) is 0 Å². The third-order valence-corrected chi connectivity index (χ3v) is 1.74. The van der Waals surface area contributed by atoms with E-state index in [1.165, 1.54) is 0 Å². The van der Waals surface area contributed by atoms with Crippen molar-refractivity contribution in [2.75, 3.05) is 20.2 Å². The van der Waals surface area contributed by atoms with Crippen LogP contribution >= 0.6 is 0 Å². The van der Waals surface area contributed by atoms with Gasteiger partial charge in [0.1, 0.15) is 18.3 Å². The average molecular weight is 320 g/mol. The molecule has 0 aliphatic heterocycles. The second-order valence-electron chi connectivity index (χ2n) is 2.86. The Morgan fingerprint density at radius 1 is 1.00 bits per heavy atom. The van der Waals surface area contributed by atoms with Crippen LogP contribution in [-0.2, 0) is 0 Å². The molecule has 0 aromatic carbocycles. The van der Waals surface area contributed by atoms with Gasteiger partial charge in [-0.05, 0) is 7.05 Å². The van der Waals surface area contributed by atoms with E-state index in [2.05, 4.69) is 5.32 Å². The molecule has 6 nitrogen and oxygen atoms in total. The summed E-state index contributed by atoms with van der Waals surface area (Å²) in [7, 11) is 1.57. The molecule has 0 spiro atoms. The Morgan fingerprint density at radius 3 is 1.79 bits per heavy atom. The van der Waals surface area contributed by atoms with Crippen LogP contribution in [0.2, 0.25) is 0 Å².